The van der Waals surface area contributed by atoms with Crippen LogP contribution >= 0.6 is 23.4 Å². The number of halogens is 2. The molecule has 1 unspecified atom stereocenters. The van der Waals surface area contributed by atoms with Crippen molar-refractivity contribution < 1.29 is 9.18 Å². The molecule has 0 saturated heterocycles. The highest BCUT2D eigenvalue weighted by molar-refractivity contribution is 8.00. The van der Waals surface area contributed by atoms with Crippen LogP contribution in [0.5, 0.6) is 0 Å². The number of hydrogen-bond acceptors (Lipinski definition) is 4. The van der Waals surface area contributed by atoms with Crippen molar-refractivity contribution in [1.82, 2.24) is 9.55 Å². The van der Waals surface area contributed by atoms with Gasteiger partial charge in [-0.15, -0.1) is 0 Å². The van der Waals surface area contributed by atoms with E-state index in [2.05, 4.69) is 10.3 Å². The monoisotopic (exact) mass is 453 g/mol. The van der Waals surface area contributed by atoms with Crippen LogP contribution in [0.25, 0.3) is 16.6 Å². The number of anilines is 1. The maximum atomic E-state index is 13.9. The van der Waals surface area contributed by atoms with Gasteiger partial charge < -0.3 is 5.32 Å². The molecule has 0 bridgehead atoms. The maximum Gasteiger partial charge on any atom is 0.266 e. The van der Waals surface area contributed by atoms with Crippen molar-refractivity contribution in [3.8, 4) is 5.69 Å². The van der Waals surface area contributed by atoms with E-state index in [4.69, 9.17) is 11.6 Å². The first-order valence-electron chi connectivity index (χ1n) is 9.44. The first-order chi connectivity index (χ1) is 14.9. The van der Waals surface area contributed by atoms with Gasteiger partial charge in [0.25, 0.3) is 5.56 Å². The molecule has 0 aliphatic carbocycles. The molecule has 1 N–H and O–H groups in total. The van der Waals surface area contributed by atoms with E-state index in [1.54, 1.807) is 67.6 Å². The molecule has 0 fully saturated rings. The predicted octanol–water partition coefficient (Wildman–Crippen LogP) is 5.30. The van der Waals surface area contributed by atoms with Gasteiger partial charge in [-0.3, -0.25) is 14.2 Å². The fourth-order valence-corrected chi connectivity index (χ4v) is 4.15. The summed E-state index contributed by atoms with van der Waals surface area (Å²) >= 11 is 7.24. The molecule has 0 spiro atoms. The quantitative estimate of drug-likeness (QED) is 0.329. The Kier molecular flexibility index (Phi) is 6.06. The van der Waals surface area contributed by atoms with E-state index in [1.807, 2.05) is 0 Å². The number of carbonyl (C=O) groups is 1. The van der Waals surface area contributed by atoms with E-state index in [0.717, 1.165) is 11.8 Å². The molecular formula is C23H17ClFN3O2S. The van der Waals surface area contributed by atoms with Gasteiger partial charge >= 0.3 is 0 Å². The number of nitrogens with one attached hydrogen (secondary N) is 1. The van der Waals surface area contributed by atoms with Gasteiger partial charge in [-0.2, -0.15) is 0 Å². The normalized spacial score (nSPS) is 12.0. The van der Waals surface area contributed by atoms with E-state index in [0.29, 0.717) is 26.8 Å². The lowest BCUT2D eigenvalue weighted by molar-refractivity contribution is -0.115. The molecule has 4 rings (SSSR count). The highest BCUT2D eigenvalue weighted by atomic mass is 35.5. The molecule has 1 atom stereocenters. The minimum absolute atomic E-state index is 0.0960. The summed E-state index contributed by atoms with van der Waals surface area (Å²) in [7, 11) is 0. The number of rotatable bonds is 5. The van der Waals surface area contributed by atoms with Crippen LogP contribution in [-0.2, 0) is 4.79 Å². The largest absolute Gasteiger partial charge is 0.323 e. The average molecular weight is 454 g/mol. The van der Waals surface area contributed by atoms with Crippen molar-refractivity contribution in [1.29, 1.82) is 0 Å². The Hall–Kier alpha value is -3.16. The Morgan fingerprint density at radius 2 is 1.84 bits per heavy atom. The van der Waals surface area contributed by atoms with Gasteiger partial charge in [-0.1, -0.05) is 53.7 Å². The Morgan fingerprint density at radius 3 is 2.61 bits per heavy atom. The summed E-state index contributed by atoms with van der Waals surface area (Å²) in [5.41, 5.74) is 0.894. The lowest BCUT2D eigenvalue weighted by atomic mass is 10.2. The average Bonchev–Trinajstić information content (AvgIpc) is 2.75. The summed E-state index contributed by atoms with van der Waals surface area (Å²) in [6, 6.07) is 19.8. The van der Waals surface area contributed by atoms with Crippen LogP contribution in [0.2, 0.25) is 5.02 Å². The number of benzene rings is 3. The Morgan fingerprint density at radius 1 is 1.10 bits per heavy atom. The van der Waals surface area contributed by atoms with Crippen LogP contribution < -0.4 is 10.9 Å². The highest BCUT2D eigenvalue weighted by Crippen LogP contribution is 2.27. The van der Waals surface area contributed by atoms with Gasteiger partial charge in [-0.05, 0) is 49.4 Å². The third-order valence-electron chi connectivity index (χ3n) is 4.59. The van der Waals surface area contributed by atoms with Gasteiger partial charge in [-0.25, -0.2) is 9.37 Å². The Balaban J connectivity index is 1.74. The van der Waals surface area contributed by atoms with Crippen LogP contribution in [0.1, 0.15) is 6.92 Å². The molecule has 0 radical (unpaired) electrons. The number of fused-ring (bicyclic) bond motifs is 1. The number of carbonyl (C=O) groups excluding carboxylic acids is 1. The highest BCUT2D eigenvalue weighted by Gasteiger charge is 2.21. The predicted molar refractivity (Wildman–Crippen MR) is 123 cm³/mol. The number of amides is 1. The first-order valence-corrected chi connectivity index (χ1v) is 10.7. The Labute approximate surface area is 186 Å². The SMILES string of the molecule is CC(Sc1nc2ccccc2c(=O)n1-c1cccc(Cl)c1)C(=O)Nc1ccccc1F. The molecule has 31 heavy (non-hydrogen) atoms. The van der Waals surface area contributed by atoms with E-state index >= 15 is 0 Å². The molecule has 8 heteroatoms. The van der Waals surface area contributed by atoms with Crippen LogP contribution in [0.4, 0.5) is 10.1 Å². The van der Waals surface area contributed by atoms with Crippen LogP contribution in [0, 0.1) is 5.82 Å². The molecule has 1 amide bonds. The zero-order valence-corrected chi connectivity index (χ0v) is 18.0. The van der Waals surface area contributed by atoms with E-state index in [-0.39, 0.29) is 11.2 Å². The van der Waals surface area contributed by atoms with Gasteiger partial charge in [0, 0.05) is 5.02 Å². The topological polar surface area (TPSA) is 64.0 Å². The van der Waals surface area contributed by atoms with E-state index in [1.165, 1.54) is 16.7 Å². The fraction of sp³-hybridized carbons (Fsp3) is 0.0870. The summed E-state index contributed by atoms with van der Waals surface area (Å²) < 4.78 is 15.3. The number of para-hydroxylation sites is 2. The van der Waals surface area contributed by atoms with Crippen molar-refractivity contribution in [2.75, 3.05) is 5.32 Å². The van der Waals surface area contributed by atoms with Crippen LogP contribution in [0.3, 0.4) is 0 Å². The van der Waals surface area contributed by atoms with Crippen molar-refractivity contribution in [3.63, 3.8) is 0 Å². The molecule has 5 nitrogen and oxygen atoms in total. The third-order valence-corrected chi connectivity index (χ3v) is 5.88. The minimum Gasteiger partial charge on any atom is -0.323 e. The van der Waals surface area contributed by atoms with Crippen molar-refractivity contribution in [2.24, 2.45) is 0 Å². The summed E-state index contributed by atoms with van der Waals surface area (Å²) in [4.78, 5) is 30.6. The molecule has 0 saturated carbocycles. The molecule has 3 aromatic carbocycles. The summed E-state index contributed by atoms with van der Waals surface area (Å²) in [5.74, 6) is -0.928. The third kappa shape index (κ3) is 4.47. The number of aromatic nitrogens is 2. The van der Waals surface area contributed by atoms with Crippen molar-refractivity contribution in [2.45, 2.75) is 17.3 Å². The standard InChI is InChI=1S/C23H17ClFN3O2S/c1-14(21(29)26-20-12-5-3-10-18(20)25)31-23-27-19-11-4-2-9-17(19)22(30)28(23)16-8-6-7-15(24)13-16/h2-14H,1H3,(H,26,29). The molecule has 156 valence electrons. The fourth-order valence-electron chi connectivity index (χ4n) is 3.04. The molecule has 4 aromatic rings. The van der Waals surface area contributed by atoms with E-state index in [9.17, 15) is 14.0 Å². The summed E-state index contributed by atoms with van der Waals surface area (Å²) in [6.45, 7) is 1.67. The second-order valence-corrected chi connectivity index (χ2v) is 8.51. The maximum absolute atomic E-state index is 13.9. The smallest absolute Gasteiger partial charge is 0.266 e. The lowest BCUT2D eigenvalue weighted by Gasteiger charge is -2.17. The van der Waals surface area contributed by atoms with Gasteiger partial charge in [0.15, 0.2) is 5.16 Å². The zero-order chi connectivity index (χ0) is 22.0. The van der Waals surface area contributed by atoms with Gasteiger partial charge in [0.2, 0.25) is 5.91 Å². The van der Waals surface area contributed by atoms with Crippen molar-refractivity contribution >= 4 is 45.9 Å². The number of thioether (sulfide) groups is 1. The molecular weight excluding hydrogens is 437 g/mol. The molecule has 1 aromatic heterocycles. The summed E-state index contributed by atoms with van der Waals surface area (Å²) in [6.07, 6.45) is 0. The lowest BCUT2D eigenvalue weighted by Crippen LogP contribution is -2.26. The Bertz CT molecular complexity index is 1340. The second kappa shape index (κ2) is 8.91. The van der Waals surface area contributed by atoms with Crippen LogP contribution in [-0.4, -0.2) is 20.7 Å². The zero-order valence-electron chi connectivity index (χ0n) is 16.4. The number of hydrogen-bond donors (Lipinski definition) is 1. The molecule has 0 aliphatic rings. The van der Waals surface area contributed by atoms with Gasteiger partial charge in [0.1, 0.15) is 5.82 Å². The van der Waals surface area contributed by atoms with Crippen molar-refractivity contribution in [3.05, 3.63) is 94.0 Å². The molecule has 0 aliphatic heterocycles. The second-order valence-electron chi connectivity index (χ2n) is 6.76. The number of nitrogens with zero attached hydrogens (tertiary/aromatic N) is 2. The van der Waals surface area contributed by atoms with E-state index < -0.39 is 17.0 Å². The van der Waals surface area contributed by atoms with Gasteiger partial charge in [0.05, 0.1) is 27.5 Å². The molecule has 1 heterocycles. The summed E-state index contributed by atoms with van der Waals surface area (Å²) in [5, 5.41) is 3.19. The minimum atomic E-state index is -0.655. The van der Waals surface area contributed by atoms with Crippen LogP contribution in [0.15, 0.2) is 82.7 Å². The first kappa shape index (κ1) is 21.1.